The van der Waals surface area contributed by atoms with Crippen molar-refractivity contribution in [2.24, 2.45) is 0 Å². The molecular formula is C17H19N3O2. The van der Waals surface area contributed by atoms with E-state index in [-0.39, 0.29) is 5.91 Å². The molecule has 1 fully saturated rings. The lowest BCUT2D eigenvalue weighted by Crippen LogP contribution is -2.42. The largest absolute Gasteiger partial charge is 0.469 e. The van der Waals surface area contributed by atoms with Crippen molar-refractivity contribution in [3.05, 3.63) is 41.6 Å². The molecule has 0 radical (unpaired) electrons. The number of amides is 1. The van der Waals surface area contributed by atoms with Gasteiger partial charge in [-0.3, -0.25) is 9.69 Å². The van der Waals surface area contributed by atoms with Gasteiger partial charge in [-0.1, -0.05) is 19.1 Å². The number of carbonyl (C=O) groups excluding carboxylic acids is 1. The van der Waals surface area contributed by atoms with Crippen molar-refractivity contribution < 1.29 is 9.53 Å². The lowest BCUT2D eigenvalue weighted by Gasteiger charge is -2.30. The minimum Gasteiger partial charge on any atom is -0.469 e. The van der Waals surface area contributed by atoms with Crippen LogP contribution >= 0.6 is 0 Å². The fourth-order valence-corrected chi connectivity index (χ4v) is 2.85. The maximum absolute atomic E-state index is 12.3. The van der Waals surface area contributed by atoms with Crippen LogP contribution in [0, 0.1) is 0 Å². The van der Waals surface area contributed by atoms with Gasteiger partial charge >= 0.3 is 0 Å². The molecule has 0 aliphatic carbocycles. The SMILES string of the molecule is CCc1ccc(N2COc3cc(C(=O)N4CCC4)[nH]c32)cc1. The van der Waals surface area contributed by atoms with Crippen LogP contribution in [0.5, 0.6) is 5.75 Å². The molecule has 2 aromatic rings. The summed E-state index contributed by atoms with van der Waals surface area (Å²) < 4.78 is 5.71. The van der Waals surface area contributed by atoms with E-state index in [1.165, 1.54) is 5.56 Å². The van der Waals surface area contributed by atoms with Gasteiger partial charge in [-0.05, 0) is 30.5 Å². The molecule has 1 aromatic heterocycles. The van der Waals surface area contributed by atoms with Gasteiger partial charge in [0.15, 0.2) is 18.3 Å². The van der Waals surface area contributed by atoms with Gasteiger partial charge in [-0.15, -0.1) is 0 Å². The normalized spacial score (nSPS) is 16.2. The number of hydrogen-bond acceptors (Lipinski definition) is 3. The number of hydrogen-bond donors (Lipinski definition) is 1. The molecule has 1 N–H and O–H groups in total. The zero-order valence-electron chi connectivity index (χ0n) is 12.6. The van der Waals surface area contributed by atoms with Crippen LogP contribution in [0.25, 0.3) is 0 Å². The molecule has 22 heavy (non-hydrogen) atoms. The average molecular weight is 297 g/mol. The Kier molecular flexibility index (Phi) is 3.06. The molecule has 0 saturated carbocycles. The van der Waals surface area contributed by atoms with Crippen molar-refractivity contribution in [2.75, 3.05) is 24.7 Å². The van der Waals surface area contributed by atoms with Gasteiger partial charge in [-0.2, -0.15) is 0 Å². The first-order valence-electron chi connectivity index (χ1n) is 7.78. The van der Waals surface area contributed by atoms with Crippen LogP contribution in [-0.4, -0.2) is 35.6 Å². The first-order valence-corrected chi connectivity index (χ1v) is 7.78. The van der Waals surface area contributed by atoms with Crippen molar-refractivity contribution in [1.29, 1.82) is 0 Å². The Balaban J connectivity index is 1.60. The zero-order chi connectivity index (χ0) is 15.1. The Morgan fingerprint density at radius 2 is 2.05 bits per heavy atom. The second-order valence-corrected chi connectivity index (χ2v) is 5.76. The van der Waals surface area contributed by atoms with E-state index in [9.17, 15) is 4.79 Å². The van der Waals surface area contributed by atoms with E-state index in [4.69, 9.17) is 4.74 Å². The topological polar surface area (TPSA) is 48.6 Å². The number of rotatable bonds is 3. The van der Waals surface area contributed by atoms with Crippen LogP contribution in [0.1, 0.15) is 29.4 Å². The van der Waals surface area contributed by atoms with E-state index >= 15 is 0 Å². The first-order chi connectivity index (χ1) is 10.8. The monoisotopic (exact) mass is 297 g/mol. The fraction of sp³-hybridized carbons (Fsp3) is 0.353. The number of aromatic nitrogens is 1. The van der Waals surface area contributed by atoms with Gasteiger partial charge in [0.25, 0.3) is 5.91 Å². The third kappa shape index (κ3) is 2.04. The highest BCUT2D eigenvalue weighted by atomic mass is 16.5. The second-order valence-electron chi connectivity index (χ2n) is 5.76. The third-order valence-corrected chi connectivity index (χ3v) is 4.41. The summed E-state index contributed by atoms with van der Waals surface area (Å²) in [4.78, 5) is 19.4. The number of nitrogens with one attached hydrogen (secondary N) is 1. The standard InChI is InChI=1S/C17H19N3O2/c1-2-12-4-6-13(7-5-12)20-11-22-15-10-14(18-16(15)20)17(21)19-8-3-9-19/h4-7,10,18H,2-3,8-9,11H2,1H3. The number of benzene rings is 1. The first kappa shape index (κ1) is 13.2. The predicted octanol–water partition coefficient (Wildman–Crippen LogP) is 2.91. The highest BCUT2D eigenvalue weighted by molar-refractivity contribution is 5.95. The van der Waals surface area contributed by atoms with Crippen LogP contribution in [0.15, 0.2) is 30.3 Å². The van der Waals surface area contributed by atoms with E-state index in [1.54, 1.807) is 0 Å². The highest BCUT2D eigenvalue weighted by Crippen LogP contribution is 2.39. The van der Waals surface area contributed by atoms with Gasteiger partial charge in [0.2, 0.25) is 0 Å². The molecule has 0 spiro atoms. The Morgan fingerprint density at radius 3 is 2.68 bits per heavy atom. The molecule has 4 rings (SSSR count). The van der Waals surface area contributed by atoms with Crippen molar-refractivity contribution in [1.82, 2.24) is 9.88 Å². The summed E-state index contributed by atoms with van der Waals surface area (Å²) in [7, 11) is 0. The third-order valence-electron chi connectivity index (χ3n) is 4.41. The summed E-state index contributed by atoms with van der Waals surface area (Å²) in [5.41, 5.74) is 2.99. The number of carbonyl (C=O) groups is 1. The maximum atomic E-state index is 12.3. The highest BCUT2D eigenvalue weighted by Gasteiger charge is 2.29. The summed E-state index contributed by atoms with van der Waals surface area (Å²) in [6.07, 6.45) is 2.12. The molecule has 0 bridgehead atoms. The number of ether oxygens (including phenoxy) is 1. The summed E-state index contributed by atoms with van der Waals surface area (Å²) in [6.45, 7) is 4.33. The number of likely N-dealkylation sites (tertiary alicyclic amines) is 1. The van der Waals surface area contributed by atoms with Crippen molar-refractivity contribution in [3.63, 3.8) is 0 Å². The minimum atomic E-state index is 0.0607. The van der Waals surface area contributed by atoms with Gasteiger partial charge in [0, 0.05) is 24.8 Å². The molecular weight excluding hydrogens is 278 g/mol. The molecule has 114 valence electrons. The zero-order valence-corrected chi connectivity index (χ0v) is 12.6. The number of nitrogens with zero attached hydrogens (tertiary/aromatic N) is 2. The molecule has 1 aromatic carbocycles. The van der Waals surface area contributed by atoms with Crippen LogP contribution in [-0.2, 0) is 6.42 Å². The minimum absolute atomic E-state index is 0.0607. The van der Waals surface area contributed by atoms with Crippen molar-refractivity contribution in [2.45, 2.75) is 19.8 Å². The summed E-state index contributed by atoms with van der Waals surface area (Å²) in [5.74, 6) is 1.68. The molecule has 3 heterocycles. The van der Waals surface area contributed by atoms with Crippen LogP contribution in [0.3, 0.4) is 0 Å². The molecule has 0 atom stereocenters. The van der Waals surface area contributed by atoms with Crippen molar-refractivity contribution >= 4 is 17.4 Å². The number of aryl methyl sites for hydroxylation is 1. The Morgan fingerprint density at radius 1 is 1.27 bits per heavy atom. The quantitative estimate of drug-likeness (QED) is 0.947. The number of aromatic amines is 1. The van der Waals surface area contributed by atoms with Crippen LogP contribution in [0.4, 0.5) is 11.5 Å². The lowest BCUT2D eigenvalue weighted by molar-refractivity contribution is 0.0646. The predicted molar refractivity (Wildman–Crippen MR) is 84.8 cm³/mol. The Hall–Kier alpha value is -2.43. The van der Waals surface area contributed by atoms with E-state index in [0.717, 1.165) is 43.2 Å². The van der Waals surface area contributed by atoms with Gasteiger partial charge in [0.1, 0.15) is 5.69 Å². The van der Waals surface area contributed by atoms with Crippen molar-refractivity contribution in [3.8, 4) is 5.75 Å². The molecule has 2 aliphatic rings. The number of fused-ring (bicyclic) bond motifs is 1. The van der Waals surface area contributed by atoms with E-state index in [1.807, 2.05) is 11.0 Å². The Labute approximate surface area is 129 Å². The average Bonchev–Trinajstić information content (AvgIpc) is 3.05. The Bertz CT molecular complexity index is 701. The van der Waals surface area contributed by atoms with Crippen LogP contribution < -0.4 is 9.64 Å². The van der Waals surface area contributed by atoms with Gasteiger partial charge in [0.05, 0.1) is 0 Å². The summed E-state index contributed by atoms with van der Waals surface area (Å²) in [6, 6.07) is 10.3. The molecule has 2 aliphatic heterocycles. The second kappa shape index (κ2) is 5.09. The molecule has 1 amide bonds. The van der Waals surface area contributed by atoms with E-state index in [2.05, 4.69) is 41.1 Å². The number of anilines is 2. The molecule has 5 heteroatoms. The van der Waals surface area contributed by atoms with Crippen LogP contribution in [0.2, 0.25) is 0 Å². The van der Waals surface area contributed by atoms with E-state index in [0.29, 0.717) is 12.4 Å². The summed E-state index contributed by atoms with van der Waals surface area (Å²) in [5, 5.41) is 0. The fourth-order valence-electron chi connectivity index (χ4n) is 2.85. The molecule has 0 unspecified atom stereocenters. The van der Waals surface area contributed by atoms with Gasteiger partial charge in [-0.25, -0.2) is 0 Å². The number of H-pyrrole nitrogens is 1. The summed E-state index contributed by atoms with van der Waals surface area (Å²) >= 11 is 0. The smallest absolute Gasteiger partial charge is 0.270 e. The van der Waals surface area contributed by atoms with Gasteiger partial charge < -0.3 is 14.6 Å². The molecule has 5 nitrogen and oxygen atoms in total. The molecule has 1 saturated heterocycles. The maximum Gasteiger partial charge on any atom is 0.270 e. The lowest BCUT2D eigenvalue weighted by atomic mass is 10.1. The van der Waals surface area contributed by atoms with E-state index < -0.39 is 0 Å².